The number of hydrazone groups is 1. The third kappa shape index (κ3) is 4.66. The van der Waals surface area contributed by atoms with Crippen LogP contribution in [-0.2, 0) is 0 Å². The number of ether oxygens (including phenoxy) is 1. The molecule has 0 bridgehead atoms. The number of carbonyl (C=O) groups is 1. The minimum Gasteiger partial charge on any atom is -0.496 e. The lowest BCUT2D eigenvalue weighted by molar-refractivity contribution is 0.0955. The second-order valence-corrected chi connectivity index (χ2v) is 6.28. The molecule has 120 valence electrons. The molecule has 0 unspecified atom stereocenters. The number of hydrogen-bond donors (Lipinski definition) is 1. The first kappa shape index (κ1) is 17.2. The van der Waals surface area contributed by atoms with Gasteiger partial charge < -0.3 is 4.74 Å². The molecular formula is C18H19BrN2O2. The summed E-state index contributed by atoms with van der Waals surface area (Å²) in [5.41, 5.74) is 5.08. The maximum absolute atomic E-state index is 12.1. The Morgan fingerprint density at radius 3 is 2.52 bits per heavy atom. The van der Waals surface area contributed by atoms with Gasteiger partial charge in [0.2, 0.25) is 0 Å². The van der Waals surface area contributed by atoms with Crippen molar-refractivity contribution in [2.45, 2.75) is 19.8 Å². The number of amides is 1. The van der Waals surface area contributed by atoms with Crippen molar-refractivity contribution in [1.82, 2.24) is 5.43 Å². The van der Waals surface area contributed by atoms with Crippen LogP contribution in [0.5, 0.6) is 5.75 Å². The molecule has 1 amide bonds. The molecule has 0 aromatic heterocycles. The average Bonchev–Trinajstić information content (AvgIpc) is 2.55. The molecule has 0 saturated heterocycles. The third-order valence-electron chi connectivity index (χ3n) is 3.40. The van der Waals surface area contributed by atoms with E-state index in [0.717, 1.165) is 10.0 Å². The highest BCUT2D eigenvalue weighted by atomic mass is 79.9. The topological polar surface area (TPSA) is 50.7 Å². The third-order valence-corrected chi connectivity index (χ3v) is 3.89. The van der Waals surface area contributed by atoms with Gasteiger partial charge in [0, 0.05) is 15.6 Å². The van der Waals surface area contributed by atoms with Crippen molar-refractivity contribution in [1.29, 1.82) is 0 Å². The van der Waals surface area contributed by atoms with Crippen LogP contribution in [0.25, 0.3) is 0 Å². The Balaban J connectivity index is 2.05. The molecule has 0 aliphatic rings. The van der Waals surface area contributed by atoms with Crippen molar-refractivity contribution in [2.24, 2.45) is 5.10 Å². The smallest absolute Gasteiger partial charge is 0.271 e. The van der Waals surface area contributed by atoms with E-state index < -0.39 is 0 Å². The summed E-state index contributed by atoms with van der Waals surface area (Å²) in [4.78, 5) is 12.1. The number of nitrogens with zero attached hydrogens (tertiary/aromatic N) is 1. The van der Waals surface area contributed by atoms with Gasteiger partial charge in [-0.25, -0.2) is 5.43 Å². The van der Waals surface area contributed by atoms with E-state index in [-0.39, 0.29) is 5.91 Å². The number of benzene rings is 2. The molecular weight excluding hydrogens is 356 g/mol. The summed E-state index contributed by atoms with van der Waals surface area (Å²) in [7, 11) is 1.59. The molecule has 2 aromatic carbocycles. The minimum absolute atomic E-state index is 0.245. The monoisotopic (exact) mass is 374 g/mol. The van der Waals surface area contributed by atoms with Crippen molar-refractivity contribution in [3.63, 3.8) is 0 Å². The van der Waals surface area contributed by atoms with E-state index in [0.29, 0.717) is 17.2 Å². The first-order chi connectivity index (χ1) is 11.0. The fraction of sp³-hybridized carbons (Fsp3) is 0.222. The van der Waals surface area contributed by atoms with Gasteiger partial charge >= 0.3 is 0 Å². The highest BCUT2D eigenvalue weighted by Crippen LogP contribution is 2.21. The van der Waals surface area contributed by atoms with Crippen LogP contribution < -0.4 is 10.2 Å². The largest absolute Gasteiger partial charge is 0.496 e. The van der Waals surface area contributed by atoms with Gasteiger partial charge in [0.15, 0.2) is 0 Å². The molecule has 0 atom stereocenters. The summed E-state index contributed by atoms with van der Waals surface area (Å²) in [6.07, 6.45) is 1.56. The number of carbonyl (C=O) groups excluding carboxylic acids is 1. The Morgan fingerprint density at radius 1 is 1.22 bits per heavy atom. The summed E-state index contributed by atoms with van der Waals surface area (Å²) < 4.78 is 6.17. The molecule has 0 saturated carbocycles. The Bertz CT molecular complexity index is 709. The van der Waals surface area contributed by atoms with Crippen LogP contribution in [0.1, 0.15) is 41.3 Å². The summed E-state index contributed by atoms with van der Waals surface area (Å²) >= 11 is 3.40. The van der Waals surface area contributed by atoms with Crippen molar-refractivity contribution < 1.29 is 9.53 Å². The number of nitrogens with one attached hydrogen (secondary N) is 1. The quantitative estimate of drug-likeness (QED) is 0.624. The lowest BCUT2D eigenvalue weighted by Crippen LogP contribution is -2.17. The molecule has 4 nitrogen and oxygen atoms in total. The van der Waals surface area contributed by atoms with Crippen molar-refractivity contribution in [3.8, 4) is 5.75 Å². The molecule has 0 fully saturated rings. The van der Waals surface area contributed by atoms with Gasteiger partial charge in [-0.1, -0.05) is 41.9 Å². The Hall–Kier alpha value is -2.14. The van der Waals surface area contributed by atoms with Gasteiger partial charge in [0.25, 0.3) is 5.91 Å². The fourth-order valence-electron chi connectivity index (χ4n) is 2.05. The zero-order valence-corrected chi connectivity index (χ0v) is 14.9. The molecule has 5 heteroatoms. The Labute approximate surface area is 144 Å². The Morgan fingerprint density at radius 2 is 1.91 bits per heavy atom. The summed E-state index contributed by atoms with van der Waals surface area (Å²) in [5, 5.41) is 4.00. The highest BCUT2D eigenvalue weighted by Gasteiger charge is 2.06. The number of methoxy groups -OCH3 is 1. The van der Waals surface area contributed by atoms with E-state index in [9.17, 15) is 4.79 Å². The van der Waals surface area contributed by atoms with Crippen LogP contribution >= 0.6 is 15.9 Å². The van der Waals surface area contributed by atoms with Crippen molar-refractivity contribution in [2.75, 3.05) is 7.11 Å². The SMILES string of the molecule is COc1ccc(Br)cc1C=NNC(=O)c1ccc(C(C)C)cc1. The summed E-state index contributed by atoms with van der Waals surface area (Å²) in [6.45, 7) is 4.23. The van der Waals surface area contributed by atoms with E-state index in [1.54, 1.807) is 25.5 Å². The molecule has 0 aliphatic carbocycles. The molecule has 2 rings (SSSR count). The normalized spacial score (nSPS) is 11.0. The fourth-order valence-corrected chi connectivity index (χ4v) is 2.43. The minimum atomic E-state index is -0.245. The zero-order chi connectivity index (χ0) is 16.8. The molecule has 1 N–H and O–H groups in total. The van der Waals surface area contributed by atoms with Crippen LogP contribution in [0.4, 0.5) is 0 Å². The first-order valence-corrected chi connectivity index (χ1v) is 8.07. The maximum atomic E-state index is 12.1. The van der Waals surface area contributed by atoms with Crippen molar-refractivity contribution >= 4 is 28.1 Å². The zero-order valence-electron chi connectivity index (χ0n) is 13.3. The van der Waals surface area contributed by atoms with Gasteiger partial charge in [0.05, 0.1) is 13.3 Å². The number of hydrogen-bond acceptors (Lipinski definition) is 3. The van der Waals surface area contributed by atoms with Crippen molar-refractivity contribution in [3.05, 3.63) is 63.6 Å². The van der Waals surface area contributed by atoms with E-state index in [1.807, 2.05) is 30.3 Å². The standard InChI is InChI=1S/C18H19BrN2O2/c1-12(2)13-4-6-14(7-5-13)18(22)21-20-11-15-10-16(19)8-9-17(15)23-3/h4-12H,1-3H3,(H,21,22). The number of halogens is 1. The summed E-state index contributed by atoms with van der Waals surface area (Å²) in [6, 6.07) is 13.1. The molecule has 23 heavy (non-hydrogen) atoms. The van der Waals surface area contributed by atoms with E-state index >= 15 is 0 Å². The Kier molecular flexibility index (Phi) is 5.93. The van der Waals surface area contributed by atoms with Crippen LogP contribution in [0, 0.1) is 0 Å². The molecule has 2 aromatic rings. The molecule has 0 radical (unpaired) electrons. The maximum Gasteiger partial charge on any atom is 0.271 e. The van der Waals surface area contributed by atoms with Gasteiger partial charge in [-0.2, -0.15) is 5.10 Å². The highest BCUT2D eigenvalue weighted by molar-refractivity contribution is 9.10. The molecule has 0 aliphatic heterocycles. The van der Waals surface area contributed by atoms with Gasteiger partial charge in [-0.15, -0.1) is 0 Å². The van der Waals surface area contributed by atoms with Crippen LogP contribution in [0.15, 0.2) is 52.0 Å². The summed E-state index contributed by atoms with van der Waals surface area (Å²) in [5.74, 6) is 0.882. The lowest BCUT2D eigenvalue weighted by Gasteiger charge is -2.06. The second kappa shape index (κ2) is 7.92. The van der Waals surface area contributed by atoms with Crippen LogP contribution in [0.2, 0.25) is 0 Å². The number of rotatable bonds is 5. The lowest BCUT2D eigenvalue weighted by atomic mass is 10.0. The van der Waals surface area contributed by atoms with E-state index in [2.05, 4.69) is 40.3 Å². The van der Waals surface area contributed by atoms with Crippen LogP contribution in [-0.4, -0.2) is 19.2 Å². The van der Waals surface area contributed by atoms with E-state index in [4.69, 9.17) is 4.74 Å². The average molecular weight is 375 g/mol. The van der Waals surface area contributed by atoms with Gasteiger partial charge in [-0.05, 0) is 41.8 Å². The van der Waals surface area contributed by atoms with Gasteiger partial charge in [-0.3, -0.25) is 4.79 Å². The first-order valence-electron chi connectivity index (χ1n) is 7.28. The van der Waals surface area contributed by atoms with Crippen LogP contribution in [0.3, 0.4) is 0 Å². The molecule has 0 spiro atoms. The second-order valence-electron chi connectivity index (χ2n) is 5.36. The van der Waals surface area contributed by atoms with E-state index in [1.165, 1.54) is 5.56 Å². The molecule has 0 heterocycles. The predicted octanol–water partition coefficient (Wildman–Crippen LogP) is 4.35. The van der Waals surface area contributed by atoms with Gasteiger partial charge in [0.1, 0.15) is 5.75 Å². The predicted molar refractivity (Wildman–Crippen MR) is 96.3 cm³/mol.